The average Bonchev–Trinajstić information content (AvgIpc) is 2.55. The number of carboxylic acid groups (broad SMARTS) is 1. The van der Waals surface area contributed by atoms with E-state index in [1.54, 1.807) is 7.05 Å². The van der Waals surface area contributed by atoms with Crippen molar-refractivity contribution < 1.29 is 14.7 Å². The third-order valence-corrected chi connectivity index (χ3v) is 3.51. The molecule has 0 aromatic heterocycles. The van der Waals surface area contributed by atoms with Crippen LogP contribution in [0.1, 0.15) is 18.4 Å². The van der Waals surface area contributed by atoms with Crippen molar-refractivity contribution in [3.8, 4) is 0 Å². The maximum Gasteiger partial charge on any atom is 0.326 e. The van der Waals surface area contributed by atoms with Crippen LogP contribution < -0.4 is 22.1 Å². The van der Waals surface area contributed by atoms with Gasteiger partial charge in [0.25, 0.3) is 0 Å². The summed E-state index contributed by atoms with van der Waals surface area (Å²) < 4.78 is 0. The number of carbonyl (C=O) groups is 2. The summed E-state index contributed by atoms with van der Waals surface area (Å²) in [5, 5.41) is 14.7. The minimum atomic E-state index is -1.08. The molecule has 0 unspecified atom stereocenters. The minimum Gasteiger partial charge on any atom is -0.480 e. The van der Waals surface area contributed by atoms with E-state index in [-0.39, 0.29) is 18.3 Å². The number of guanidine groups is 1. The highest BCUT2D eigenvalue weighted by molar-refractivity contribution is 5.87. The third kappa shape index (κ3) is 7.10. The molecule has 0 spiro atoms. The van der Waals surface area contributed by atoms with E-state index in [0.29, 0.717) is 19.4 Å². The second-order valence-electron chi connectivity index (χ2n) is 5.38. The Kier molecular flexibility index (Phi) is 8.28. The molecule has 1 amide bonds. The molecule has 0 bridgehead atoms. The van der Waals surface area contributed by atoms with Crippen molar-refractivity contribution >= 4 is 17.8 Å². The third-order valence-electron chi connectivity index (χ3n) is 3.51. The van der Waals surface area contributed by atoms with E-state index in [0.717, 1.165) is 5.56 Å². The summed E-state index contributed by atoms with van der Waals surface area (Å²) in [6, 6.07) is 8.04. The van der Waals surface area contributed by atoms with Crippen LogP contribution >= 0.6 is 0 Å². The van der Waals surface area contributed by atoms with Gasteiger partial charge in [-0.1, -0.05) is 30.3 Å². The predicted molar refractivity (Wildman–Crippen MR) is 92.5 cm³/mol. The molecular formula is C16H25N5O3. The lowest BCUT2D eigenvalue weighted by Crippen LogP contribution is -2.50. The van der Waals surface area contributed by atoms with Crippen molar-refractivity contribution in [1.29, 1.82) is 0 Å². The molecule has 0 fully saturated rings. The Hall–Kier alpha value is -2.61. The van der Waals surface area contributed by atoms with E-state index in [1.807, 2.05) is 30.3 Å². The summed E-state index contributed by atoms with van der Waals surface area (Å²) in [6.07, 6.45) is 1.18. The Balaban J connectivity index is 2.58. The topological polar surface area (TPSA) is 143 Å². The van der Waals surface area contributed by atoms with E-state index in [4.69, 9.17) is 11.5 Å². The van der Waals surface area contributed by atoms with Crippen molar-refractivity contribution in [2.75, 3.05) is 13.6 Å². The Morgan fingerprint density at radius 1 is 1.21 bits per heavy atom. The highest BCUT2D eigenvalue weighted by Crippen LogP contribution is 2.05. The molecule has 0 aliphatic carbocycles. The maximum atomic E-state index is 12.3. The molecule has 24 heavy (non-hydrogen) atoms. The van der Waals surface area contributed by atoms with Gasteiger partial charge in [-0.2, -0.15) is 0 Å². The number of nitrogens with zero attached hydrogens (tertiary/aromatic N) is 1. The maximum absolute atomic E-state index is 12.3. The summed E-state index contributed by atoms with van der Waals surface area (Å²) in [5.41, 5.74) is 11.4. The van der Waals surface area contributed by atoms with Gasteiger partial charge in [0.1, 0.15) is 6.04 Å². The Bertz CT molecular complexity index is 558. The number of carbonyl (C=O) groups excluding carboxylic acids is 1. The van der Waals surface area contributed by atoms with E-state index in [9.17, 15) is 14.7 Å². The van der Waals surface area contributed by atoms with Crippen LogP contribution in [0.3, 0.4) is 0 Å². The van der Waals surface area contributed by atoms with Gasteiger partial charge in [0.2, 0.25) is 5.91 Å². The number of aliphatic carboxylic acids is 1. The molecule has 1 aromatic rings. The number of benzene rings is 1. The van der Waals surface area contributed by atoms with Crippen molar-refractivity contribution in [3.05, 3.63) is 35.9 Å². The second kappa shape index (κ2) is 10.2. The monoisotopic (exact) mass is 335 g/mol. The highest BCUT2D eigenvalue weighted by Gasteiger charge is 2.24. The summed E-state index contributed by atoms with van der Waals surface area (Å²) in [7, 11) is 1.67. The van der Waals surface area contributed by atoms with Crippen LogP contribution in [0, 0.1) is 0 Å². The SMILES string of the molecule is CN[C@@H](Cc1ccccc1)C(=O)N[C@H](CCCN=C(N)N)C(=O)O. The molecular weight excluding hydrogens is 310 g/mol. The fraction of sp³-hybridized carbons (Fsp3) is 0.438. The number of likely N-dealkylation sites (N-methyl/N-ethyl adjacent to an activating group) is 1. The van der Waals surface area contributed by atoms with Gasteiger partial charge in [-0.25, -0.2) is 4.79 Å². The molecule has 1 rings (SSSR count). The van der Waals surface area contributed by atoms with Crippen LogP contribution in [0.15, 0.2) is 35.3 Å². The first-order valence-corrected chi connectivity index (χ1v) is 7.73. The lowest BCUT2D eigenvalue weighted by Gasteiger charge is -2.20. The fourth-order valence-corrected chi connectivity index (χ4v) is 2.21. The molecule has 0 heterocycles. The molecule has 2 atom stereocenters. The van der Waals surface area contributed by atoms with E-state index in [1.165, 1.54) is 0 Å². The Morgan fingerprint density at radius 2 is 1.88 bits per heavy atom. The largest absolute Gasteiger partial charge is 0.480 e. The van der Waals surface area contributed by atoms with E-state index < -0.39 is 18.1 Å². The van der Waals surface area contributed by atoms with Crippen molar-refractivity contribution in [1.82, 2.24) is 10.6 Å². The van der Waals surface area contributed by atoms with Crippen molar-refractivity contribution in [2.24, 2.45) is 16.5 Å². The van der Waals surface area contributed by atoms with Gasteiger partial charge in [0.15, 0.2) is 5.96 Å². The first-order chi connectivity index (χ1) is 11.4. The van der Waals surface area contributed by atoms with Gasteiger partial charge in [0.05, 0.1) is 6.04 Å². The number of rotatable bonds is 10. The average molecular weight is 335 g/mol. The smallest absolute Gasteiger partial charge is 0.326 e. The quantitative estimate of drug-likeness (QED) is 0.220. The standard InChI is InChI=1S/C16H25N5O3/c1-19-13(10-11-6-3-2-4-7-11)14(22)21-12(15(23)24)8-5-9-20-16(17)18/h2-4,6-7,12-13,19H,5,8-10H2,1H3,(H,21,22)(H,23,24)(H4,17,18,20)/t12-,13+/m1/s1. The van der Waals surface area contributed by atoms with Crippen LogP contribution in [-0.4, -0.2) is 48.6 Å². The minimum absolute atomic E-state index is 0.0379. The van der Waals surface area contributed by atoms with Gasteiger partial charge in [-0.15, -0.1) is 0 Å². The molecule has 1 aromatic carbocycles. The number of hydrogen-bond donors (Lipinski definition) is 5. The first kappa shape index (κ1) is 19.4. The fourth-order valence-electron chi connectivity index (χ4n) is 2.21. The summed E-state index contributed by atoms with van der Waals surface area (Å²) >= 11 is 0. The van der Waals surface area contributed by atoms with Crippen LogP contribution in [0.4, 0.5) is 0 Å². The summed E-state index contributed by atoms with van der Waals surface area (Å²) in [4.78, 5) is 27.4. The molecule has 8 nitrogen and oxygen atoms in total. The Morgan fingerprint density at radius 3 is 2.42 bits per heavy atom. The van der Waals surface area contributed by atoms with Gasteiger partial charge in [-0.3, -0.25) is 9.79 Å². The lowest BCUT2D eigenvalue weighted by atomic mass is 10.0. The van der Waals surface area contributed by atoms with E-state index >= 15 is 0 Å². The highest BCUT2D eigenvalue weighted by atomic mass is 16.4. The number of amides is 1. The molecule has 8 heteroatoms. The number of nitrogens with two attached hydrogens (primary N) is 2. The molecule has 0 saturated heterocycles. The predicted octanol–water partition coefficient (Wildman–Crippen LogP) is -0.560. The molecule has 0 aliphatic heterocycles. The molecule has 0 saturated carbocycles. The Labute approximate surface area is 141 Å². The second-order valence-corrected chi connectivity index (χ2v) is 5.38. The number of aliphatic imine (C=N–C) groups is 1. The zero-order valence-electron chi connectivity index (χ0n) is 13.7. The first-order valence-electron chi connectivity index (χ1n) is 7.73. The molecule has 132 valence electrons. The number of nitrogens with one attached hydrogen (secondary N) is 2. The zero-order valence-corrected chi connectivity index (χ0v) is 13.7. The van der Waals surface area contributed by atoms with Crippen LogP contribution in [0.5, 0.6) is 0 Å². The lowest BCUT2D eigenvalue weighted by molar-refractivity contribution is -0.142. The normalized spacial score (nSPS) is 12.9. The van der Waals surface area contributed by atoms with Gasteiger partial charge in [0, 0.05) is 6.54 Å². The van der Waals surface area contributed by atoms with Crippen LogP contribution in [-0.2, 0) is 16.0 Å². The van der Waals surface area contributed by atoms with Crippen molar-refractivity contribution in [2.45, 2.75) is 31.3 Å². The van der Waals surface area contributed by atoms with Crippen molar-refractivity contribution in [3.63, 3.8) is 0 Å². The zero-order chi connectivity index (χ0) is 17.9. The molecule has 7 N–H and O–H groups in total. The summed E-state index contributed by atoms with van der Waals surface area (Å²) in [6.45, 7) is 0.321. The van der Waals surface area contributed by atoms with Gasteiger partial charge < -0.3 is 27.2 Å². The molecule has 0 radical (unpaired) electrons. The van der Waals surface area contributed by atoms with Crippen LogP contribution in [0.2, 0.25) is 0 Å². The van der Waals surface area contributed by atoms with Gasteiger partial charge in [-0.05, 0) is 31.9 Å². The van der Waals surface area contributed by atoms with Crippen LogP contribution in [0.25, 0.3) is 0 Å². The molecule has 0 aliphatic rings. The van der Waals surface area contributed by atoms with E-state index in [2.05, 4.69) is 15.6 Å². The van der Waals surface area contributed by atoms with Gasteiger partial charge >= 0.3 is 5.97 Å². The number of hydrogen-bond acceptors (Lipinski definition) is 4. The number of carboxylic acids is 1. The summed E-state index contributed by atoms with van der Waals surface area (Å²) in [5.74, 6) is -1.47.